The maximum atomic E-state index is 12.3. The minimum Gasteiger partial charge on any atom is -0.352 e. The number of amides is 2. The van der Waals surface area contributed by atoms with Crippen molar-refractivity contribution in [3.05, 3.63) is 44.3 Å². The van der Waals surface area contributed by atoms with Gasteiger partial charge in [-0.05, 0) is 48.7 Å². The smallest absolute Gasteiger partial charge is 0.239 e. The van der Waals surface area contributed by atoms with E-state index in [1.807, 2.05) is 13.8 Å². The Bertz CT molecular complexity index is 725. The van der Waals surface area contributed by atoms with Crippen LogP contribution in [0, 0.1) is 0 Å². The Labute approximate surface area is 156 Å². The summed E-state index contributed by atoms with van der Waals surface area (Å²) in [6.45, 7) is 4.97. The average Bonchev–Trinajstić information content (AvgIpc) is 3.23. The van der Waals surface area contributed by atoms with Gasteiger partial charge < -0.3 is 10.6 Å². The lowest BCUT2D eigenvalue weighted by Crippen LogP contribution is -2.45. The molecule has 0 saturated heterocycles. The maximum absolute atomic E-state index is 12.3. The SMILES string of the molecule is CC(C)NC(=O)CNC(=O)CN1CCc2sccc2[C@H]1c1cccs1. The van der Waals surface area contributed by atoms with E-state index < -0.39 is 0 Å². The van der Waals surface area contributed by atoms with E-state index in [4.69, 9.17) is 0 Å². The lowest BCUT2D eigenvalue weighted by Gasteiger charge is -2.34. The van der Waals surface area contributed by atoms with Crippen LogP contribution in [0.1, 0.15) is 35.2 Å². The fourth-order valence-corrected chi connectivity index (χ4v) is 4.89. The molecule has 3 rings (SSSR count). The van der Waals surface area contributed by atoms with Crippen molar-refractivity contribution in [2.75, 3.05) is 19.6 Å². The third-order valence-electron chi connectivity index (χ3n) is 4.12. The van der Waals surface area contributed by atoms with Gasteiger partial charge in [-0.15, -0.1) is 22.7 Å². The highest BCUT2D eigenvalue weighted by molar-refractivity contribution is 7.10. The van der Waals surface area contributed by atoms with Crippen molar-refractivity contribution in [2.24, 2.45) is 0 Å². The second kappa shape index (κ2) is 8.12. The lowest BCUT2D eigenvalue weighted by atomic mass is 9.98. The Morgan fingerprint density at radius 3 is 2.80 bits per heavy atom. The quantitative estimate of drug-likeness (QED) is 0.813. The van der Waals surface area contributed by atoms with Gasteiger partial charge in [0.1, 0.15) is 0 Å². The first-order valence-electron chi connectivity index (χ1n) is 8.44. The van der Waals surface area contributed by atoms with E-state index in [1.54, 1.807) is 22.7 Å². The molecule has 1 aliphatic rings. The van der Waals surface area contributed by atoms with Gasteiger partial charge in [0.15, 0.2) is 0 Å². The normalized spacial score (nSPS) is 17.3. The monoisotopic (exact) mass is 377 g/mol. The van der Waals surface area contributed by atoms with Gasteiger partial charge in [0, 0.05) is 22.3 Å². The van der Waals surface area contributed by atoms with Crippen LogP contribution >= 0.6 is 22.7 Å². The van der Waals surface area contributed by atoms with Crippen LogP contribution in [0.3, 0.4) is 0 Å². The number of fused-ring (bicyclic) bond motifs is 1. The molecule has 0 saturated carbocycles. The third kappa shape index (κ3) is 4.48. The van der Waals surface area contributed by atoms with Gasteiger partial charge in [-0.1, -0.05) is 6.07 Å². The van der Waals surface area contributed by atoms with E-state index in [-0.39, 0.29) is 30.4 Å². The summed E-state index contributed by atoms with van der Waals surface area (Å²) >= 11 is 3.51. The highest BCUT2D eigenvalue weighted by Crippen LogP contribution is 2.39. The summed E-state index contributed by atoms with van der Waals surface area (Å²) in [4.78, 5) is 28.9. The molecule has 2 amide bonds. The highest BCUT2D eigenvalue weighted by Gasteiger charge is 2.31. The van der Waals surface area contributed by atoms with Crippen molar-refractivity contribution in [3.8, 4) is 0 Å². The first kappa shape index (κ1) is 18.1. The summed E-state index contributed by atoms with van der Waals surface area (Å²) in [5, 5.41) is 9.71. The number of hydrogen-bond donors (Lipinski definition) is 2. The van der Waals surface area contributed by atoms with Crippen LogP contribution in [-0.4, -0.2) is 42.4 Å². The van der Waals surface area contributed by atoms with Crippen molar-refractivity contribution in [1.29, 1.82) is 0 Å². The van der Waals surface area contributed by atoms with E-state index in [1.165, 1.54) is 15.3 Å². The van der Waals surface area contributed by atoms with Crippen LogP contribution in [0.2, 0.25) is 0 Å². The second-order valence-electron chi connectivity index (χ2n) is 6.44. The Hall–Kier alpha value is -1.70. The molecule has 2 N–H and O–H groups in total. The third-order valence-corrected chi connectivity index (χ3v) is 6.04. The van der Waals surface area contributed by atoms with E-state index in [0.29, 0.717) is 6.54 Å². The summed E-state index contributed by atoms with van der Waals surface area (Å²) in [5.41, 5.74) is 1.31. The molecule has 0 radical (unpaired) electrons. The zero-order valence-corrected chi connectivity index (χ0v) is 16.1. The van der Waals surface area contributed by atoms with Crippen LogP contribution in [0.4, 0.5) is 0 Å². The van der Waals surface area contributed by atoms with Crippen LogP contribution < -0.4 is 10.6 Å². The van der Waals surface area contributed by atoms with Gasteiger partial charge in [0.05, 0.1) is 19.1 Å². The van der Waals surface area contributed by atoms with E-state index in [0.717, 1.165) is 13.0 Å². The van der Waals surface area contributed by atoms with Gasteiger partial charge in [0.2, 0.25) is 11.8 Å². The molecule has 2 aromatic heterocycles. The summed E-state index contributed by atoms with van der Waals surface area (Å²) < 4.78 is 0. The van der Waals surface area contributed by atoms with E-state index >= 15 is 0 Å². The summed E-state index contributed by atoms with van der Waals surface area (Å²) in [6, 6.07) is 6.56. The lowest BCUT2D eigenvalue weighted by molar-refractivity contribution is -0.127. The fourth-order valence-electron chi connectivity index (χ4n) is 3.11. The molecular formula is C18H23N3O2S2. The molecule has 0 spiro atoms. The molecule has 0 aliphatic carbocycles. The van der Waals surface area contributed by atoms with Gasteiger partial charge >= 0.3 is 0 Å². The van der Waals surface area contributed by atoms with Crippen LogP contribution in [0.5, 0.6) is 0 Å². The van der Waals surface area contributed by atoms with E-state index in [2.05, 4.69) is 44.5 Å². The summed E-state index contributed by atoms with van der Waals surface area (Å²) in [5.74, 6) is -0.268. The number of carbonyl (C=O) groups excluding carboxylic acids is 2. The van der Waals surface area contributed by atoms with Crippen LogP contribution in [0.25, 0.3) is 0 Å². The number of carbonyl (C=O) groups is 2. The molecule has 1 atom stereocenters. The molecular weight excluding hydrogens is 354 g/mol. The minimum absolute atomic E-state index is 0.0260. The van der Waals surface area contributed by atoms with Gasteiger partial charge in [-0.3, -0.25) is 14.5 Å². The first-order valence-corrected chi connectivity index (χ1v) is 10.2. The van der Waals surface area contributed by atoms with Gasteiger partial charge in [0.25, 0.3) is 0 Å². The van der Waals surface area contributed by atoms with Gasteiger partial charge in [-0.2, -0.15) is 0 Å². The fraction of sp³-hybridized carbons (Fsp3) is 0.444. The largest absolute Gasteiger partial charge is 0.352 e. The van der Waals surface area contributed by atoms with Crippen molar-refractivity contribution >= 4 is 34.5 Å². The number of nitrogens with one attached hydrogen (secondary N) is 2. The van der Waals surface area contributed by atoms with Crippen molar-refractivity contribution in [1.82, 2.24) is 15.5 Å². The minimum atomic E-state index is -0.156. The van der Waals surface area contributed by atoms with Gasteiger partial charge in [-0.25, -0.2) is 0 Å². The number of nitrogens with zero attached hydrogens (tertiary/aromatic N) is 1. The van der Waals surface area contributed by atoms with Crippen LogP contribution in [0.15, 0.2) is 29.0 Å². The summed E-state index contributed by atoms with van der Waals surface area (Å²) in [7, 11) is 0. The van der Waals surface area contributed by atoms with Crippen molar-refractivity contribution in [2.45, 2.75) is 32.4 Å². The number of hydrogen-bond acceptors (Lipinski definition) is 5. The number of thiophene rings is 2. The molecule has 25 heavy (non-hydrogen) atoms. The molecule has 1 aliphatic heterocycles. The molecule has 134 valence electrons. The predicted octanol–water partition coefficient (Wildman–Crippen LogP) is 2.40. The molecule has 5 nitrogen and oxygen atoms in total. The molecule has 0 fully saturated rings. The molecule has 7 heteroatoms. The molecule has 0 bridgehead atoms. The highest BCUT2D eigenvalue weighted by atomic mass is 32.1. The Balaban J connectivity index is 1.65. The molecule has 3 heterocycles. The first-order chi connectivity index (χ1) is 12.0. The molecule has 0 aromatic carbocycles. The zero-order chi connectivity index (χ0) is 17.8. The topological polar surface area (TPSA) is 61.4 Å². The average molecular weight is 378 g/mol. The maximum Gasteiger partial charge on any atom is 0.239 e. The number of rotatable bonds is 6. The summed E-state index contributed by atoms with van der Waals surface area (Å²) in [6.07, 6.45) is 0.968. The second-order valence-corrected chi connectivity index (χ2v) is 8.42. The predicted molar refractivity (Wildman–Crippen MR) is 102 cm³/mol. The molecule has 0 unspecified atom stereocenters. The van der Waals surface area contributed by atoms with E-state index in [9.17, 15) is 9.59 Å². The standard InChI is InChI=1S/C18H23N3O2S2/c1-12(2)20-16(22)10-19-17(23)11-21-7-5-14-13(6-9-25-14)18(21)15-4-3-8-24-15/h3-4,6,8-9,12,18H,5,7,10-11H2,1-2H3,(H,19,23)(H,20,22)/t18-/m0/s1. The molecule has 2 aromatic rings. The zero-order valence-electron chi connectivity index (χ0n) is 14.5. The van der Waals surface area contributed by atoms with Crippen LogP contribution in [-0.2, 0) is 16.0 Å². The Kier molecular flexibility index (Phi) is 5.88. The Morgan fingerprint density at radius 2 is 2.08 bits per heavy atom. The Morgan fingerprint density at radius 1 is 1.24 bits per heavy atom. The van der Waals surface area contributed by atoms with Crippen molar-refractivity contribution < 1.29 is 9.59 Å². The van der Waals surface area contributed by atoms with Crippen molar-refractivity contribution in [3.63, 3.8) is 0 Å².